The summed E-state index contributed by atoms with van der Waals surface area (Å²) in [6.07, 6.45) is 11.4. The van der Waals surface area contributed by atoms with E-state index >= 15 is 0 Å². The van der Waals surface area contributed by atoms with Crippen molar-refractivity contribution in [1.29, 1.82) is 0 Å². The van der Waals surface area contributed by atoms with Crippen LogP contribution in [0.4, 0.5) is 0 Å². The molecule has 0 saturated heterocycles. The van der Waals surface area contributed by atoms with E-state index in [9.17, 15) is 9.59 Å². The molecule has 3 rings (SSSR count). The van der Waals surface area contributed by atoms with Crippen LogP contribution in [-0.4, -0.2) is 47.5 Å². The lowest BCUT2D eigenvalue weighted by atomic mass is 9.79. The first kappa shape index (κ1) is 30.0. The molecule has 206 valence electrons. The van der Waals surface area contributed by atoms with E-state index in [4.69, 9.17) is 0 Å². The van der Waals surface area contributed by atoms with E-state index < -0.39 is 0 Å². The Kier molecular flexibility index (Phi) is 11.5. The predicted molar refractivity (Wildman–Crippen MR) is 160 cm³/mol. The summed E-state index contributed by atoms with van der Waals surface area (Å²) in [7, 11) is 0. The Labute approximate surface area is 233 Å². The Hall–Kier alpha value is -2.54. The maximum atomic E-state index is 13.9. The zero-order valence-corrected chi connectivity index (χ0v) is 24.5. The zero-order valence-electron chi connectivity index (χ0n) is 23.7. The molecular weight excluding hydrogens is 492 g/mol. The summed E-state index contributed by atoms with van der Waals surface area (Å²) < 4.78 is 0. The second kappa shape index (κ2) is 14.6. The van der Waals surface area contributed by atoms with Crippen molar-refractivity contribution in [3.63, 3.8) is 0 Å². The number of hydrogen-bond acceptors (Lipinski definition) is 6. The first-order valence-corrected chi connectivity index (χ1v) is 15.3. The third kappa shape index (κ3) is 7.52. The number of allylic oxidation sites excluding steroid dienone is 1. The Bertz CT molecular complexity index is 1080. The molecule has 2 aliphatic rings. The molecule has 2 heterocycles. The Morgan fingerprint density at radius 3 is 2.76 bits per heavy atom. The van der Waals surface area contributed by atoms with Gasteiger partial charge in [-0.15, -0.1) is 11.8 Å². The van der Waals surface area contributed by atoms with Crippen LogP contribution in [-0.2, 0) is 9.59 Å². The van der Waals surface area contributed by atoms with E-state index in [0.717, 1.165) is 54.7 Å². The summed E-state index contributed by atoms with van der Waals surface area (Å²) in [6.45, 7) is 13.4. The summed E-state index contributed by atoms with van der Waals surface area (Å²) in [5.74, 6) is 0.966. The largest absolute Gasteiger partial charge is 0.304 e. The quantitative estimate of drug-likeness (QED) is 0.314. The molecule has 2 aliphatic heterocycles. The van der Waals surface area contributed by atoms with Gasteiger partial charge in [-0.1, -0.05) is 39.5 Å². The normalized spacial score (nSPS) is 27.3. The van der Waals surface area contributed by atoms with Crippen LogP contribution < -0.4 is 0 Å². The zero-order chi connectivity index (χ0) is 27.7. The van der Waals surface area contributed by atoms with Gasteiger partial charge in [0.2, 0.25) is 0 Å². The molecule has 0 fully saturated rings. The molecule has 0 aliphatic carbocycles. The van der Waals surface area contributed by atoms with E-state index in [2.05, 4.69) is 54.7 Å². The number of rotatable bonds is 9. The van der Waals surface area contributed by atoms with Crippen LogP contribution in [0.3, 0.4) is 0 Å². The topological polar surface area (TPSA) is 74.5 Å². The maximum Gasteiger partial charge on any atom is 0.280 e. The van der Waals surface area contributed by atoms with Gasteiger partial charge in [-0.05, 0) is 87.2 Å². The molecule has 0 spiro atoms. The molecule has 1 amide bonds. The van der Waals surface area contributed by atoms with Gasteiger partial charge in [-0.25, -0.2) is 0 Å². The van der Waals surface area contributed by atoms with E-state index in [1.807, 2.05) is 37.7 Å². The molecule has 1 aromatic carbocycles. The maximum absolute atomic E-state index is 13.9. The smallest absolute Gasteiger partial charge is 0.280 e. The first-order valence-electron chi connectivity index (χ1n) is 14.1. The van der Waals surface area contributed by atoms with Crippen LogP contribution in [0.5, 0.6) is 0 Å². The van der Waals surface area contributed by atoms with Gasteiger partial charge < -0.3 is 4.90 Å². The standard InChI is InChI=1S/C31H44N4O2S/c1-7-25-16-18-32-30(29(36)15-9-11-26-13-10-17-33-34-20-21(2)22(26)3)31(37)35(23(25)4)24(5)27-12-8-14-28(19-27)38-6/h8,12,14,17,19-22,24-26H,4,7,9-11,13,15-16,18H2,1-3,5-6H3/b32-30?,33-17+,34-20-. The van der Waals surface area contributed by atoms with Crippen LogP contribution in [0.15, 0.2) is 56.6 Å². The fourth-order valence-corrected chi connectivity index (χ4v) is 6.01. The fourth-order valence-electron chi connectivity index (χ4n) is 5.55. The van der Waals surface area contributed by atoms with Crippen molar-refractivity contribution in [2.75, 3.05) is 12.8 Å². The van der Waals surface area contributed by atoms with Crippen LogP contribution >= 0.6 is 11.8 Å². The number of thioether (sulfide) groups is 1. The van der Waals surface area contributed by atoms with Crippen LogP contribution in [0.25, 0.3) is 0 Å². The van der Waals surface area contributed by atoms with Crippen LogP contribution in [0.2, 0.25) is 0 Å². The molecule has 0 N–H and O–H groups in total. The number of carbonyl (C=O) groups is 2. The molecule has 5 atom stereocenters. The Balaban J connectivity index is 1.76. The van der Waals surface area contributed by atoms with Gasteiger partial charge >= 0.3 is 0 Å². The number of carbonyl (C=O) groups excluding carboxylic acids is 2. The summed E-state index contributed by atoms with van der Waals surface area (Å²) in [5, 5.41) is 8.24. The molecule has 1 aromatic rings. The fraction of sp³-hybridized carbons (Fsp3) is 0.581. The Morgan fingerprint density at radius 1 is 1.24 bits per heavy atom. The molecule has 6 nitrogen and oxygen atoms in total. The minimum absolute atomic E-state index is 0.0868. The minimum Gasteiger partial charge on any atom is -0.304 e. The molecule has 5 unspecified atom stereocenters. The van der Waals surface area contributed by atoms with Gasteiger partial charge in [0.05, 0.1) is 6.04 Å². The lowest BCUT2D eigenvalue weighted by Crippen LogP contribution is -2.43. The first-order chi connectivity index (χ1) is 18.3. The van der Waals surface area contributed by atoms with Crippen molar-refractivity contribution < 1.29 is 9.59 Å². The highest BCUT2D eigenvalue weighted by atomic mass is 32.2. The van der Waals surface area contributed by atoms with Gasteiger partial charge in [-0.2, -0.15) is 10.2 Å². The number of nitrogens with zero attached hydrogens (tertiary/aromatic N) is 4. The van der Waals surface area contributed by atoms with Crippen LogP contribution in [0, 0.1) is 23.7 Å². The number of amides is 1. The lowest BCUT2D eigenvalue weighted by molar-refractivity contribution is -0.126. The van der Waals surface area contributed by atoms with Gasteiger partial charge in [0.25, 0.3) is 5.91 Å². The number of Topliss-reactive ketones (excluding diaryl/α,β-unsaturated/α-hetero) is 1. The van der Waals surface area contributed by atoms with Gasteiger partial charge in [0, 0.05) is 41.9 Å². The number of benzene rings is 1. The highest BCUT2D eigenvalue weighted by Crippen LogP contribution is 2.34. The third-order valence-electron chi connectivity index (χ3n) is 8.34. The van der Waals surface area contributed by atoms with Crippen molar-refractivity contribution in [2.24, 2.45) is 38.9 Å². The third-order valence-corrected chi connectivity index (χ3v) is 9.06. The Morgan fingerprint density at radius 2 is 2.03 bits per heavy atom. The molecule has 0 aromatic heterocycles. The van der Waals surface area contributed by atoms with Gasteiger partial charge in [-0.3, -0.25) is 14.6 Å². The van der Waals surface area contributed by atoms with Crippen molar-refractivity contribution >= 4 is 41.6 Å². The van der Waals surface area contributed by atoms with Crippen molar-refractivity contribution in [3.05, 3.63) is 42.1 Å². The van der Waals surface area contributed by atoms with E-state index in [0.29, 0.717) is 30.7 Å². The van der Waals surface area contributed by atoms with Crippen molar-refractivity contribution in [3.8, 4) is 0 Å². The van der Waals surface area contributed by atoms with E-state index in [-0.39, 0.29) is 29.4 Å². The molecule has 0 radical (unpaired) electrons. The number of ketones is 1. The highest BCUT2D eigenvalue weighted by molar-refractivity contribution is 7.98. The van der Waals surface area contributed by atoms with Gasteiger partial charge in [0.1, 0.15) is 0 Å². The van der Waals surface area contributed by atoms with E-state index in [1.54, 1.807) is 16.7 Å². The monoisotopic (exact) mass is 536 g/mol. The second-order valence-electron chi connectivity index (χ2n) is 10.7. The second-order valence-corrected chi connectivity index (χ2v) is 11.6. The SMILES string of the molecule is C=C1C(CC)CCN=C(C(=O)CCCC2CC/C=N/N=C\C(C)C2C)C(=O)N1C(C)c1cccc(SC)c1. The average molecular weight is 537 g/mol. The molecule has 38 heavy (non-hydrogen) atoms. The van der Waals surface area contributed by atoms with E-state index in [1.165, 1.54) is 0 Å². The van der Waals surface area contributed by atoms with Crippen molar-refractivity contribution in [1.82, 2.24) is 4.90 Å². The summed E-state index contributed by atoms with van der Waals surface area (Å²) >= 11 is 1.67. The molecular formula is C31H44N4O2S. The predicted octanol–water partition coefficient (Wildman–Crippen LogP) is 7.16. The minimum atomic E-state index is -0.308. The summed E-state index contributed by atoms with van der Waals surface area (Å²) in [4.78, 5) is 34.9. The van der Waals surface area contributed by atoms with Crippen LogP contribution in [0.1, 0.15) is 84.2 Å². The summed E-state index contributed by atoms with van der Waals surface area (Å²) in [5.41, 5.74) is 1.91. The molecule has 7 heteroatoms. The number of hydrogen-bond donors (Lipinski definition) is 0. The van der Waals surface area contributed by atoms with Gasteiger partial charge in [0.15, 0.2) is 11.5 Å². The molecule has 0 bridgehead atoms. The summed E-state index contributed by atoms with van der Waals surface area (Å²) in [6, 6.07) is 8.00. The average Bonchev–Trinajstić information content (AvgIpc) is 2.99. The lowest BCUT2D eigenvalue weighted by Gasteiger charge is -2.36. The number of aliphatic imine (C=N–C) groups is 1. The highest BCUT2D eigenvalue weighted by Gasteiger charge is 2.35. The van der Waals surface area contributed by atoms with Crippen molar-refractivity contribution in [2.45, 2.75) is 83.6 Å². The molecule has 0 saturated carbocycles.